The Morgan fingerprint density at radius 3 is 2.68 bits per heavy atom. The van der Waals surface area contributed by atoms with Gasteiger partial charge >= 0.3 is 5.97 Å². The van der Waals surface area contributed by atoms with Crippen LogP contribution in [0.5, 0.6) is 11.5 Å². The van der Waals surface area contributed by atoms with E-state index in [0.717, 1.165) is 0 Å². The van der Waals surface area contributed by atoms with Gasteiger partial charge in [0, 0.05) is 0 Å². The van der Waals surface area contributed by atoms with Crippen molar-refractivity contribution in [2.45, 2.75) is 19.1 Å². The van der Waals surface area contributed by atoms with Crippen molar-refractivity contribution >= 4 is 5.97 Å². The summed E-state index contributed by atoms with van der Waals surface area (Å²) in [4.78, 5) is 11.4. The Morgan fingerprint density at radius 2 is 2.00 bits per heavy atom. The van der Waals surface area contributed by atoms with Crippen molar-refractivity contribution in [1.29, 1.82) is 0 Å². The van der Waals surface area contributed by atoms with Gasteiger partial charge in [-0.1, -0.05) is 6.07 Å². The molecule has 1 aliphatic rings. The predicted octanol–water partition coefficient (Wildman–Crippen LogP) is 0.415. The van der Waals surface area contributed by atoms with E-state index in [1.165, 1.54) is 0 Å². The van der Waals surface area contributed by atoms with Crippen molar-refractivity contribution in [3.63, 3.8) is 0 Å². The summed E-state index contributed by atoms with van der Waals surface area (Å²) in [5.74, 6) is 0.205. The van der Waals surface area contributed by atoms with E-state index in [1.807, 2.05) is 0 Å². The molecule has 0 aromatic heterocycles. The molecular weight excluding hydrogens is 252 g/mol. The molecule has 0 fully saturated rings. The second-order valence-corrected chi connectivity index (χ2v) is 4.04. The fourth-order valence-corrected chi connectivity index (χ4v) is 1.78. The zero-order valence-electron chi connectivity index (χ0n) is 10.5. The summed E-state index contributed by atoms with van der Waals surface area (Å²) < 4.78 is 15.4. The van der Waals surface area contributed by atoms with Gasteiger partial charge in [-0.05, 0) is 24.6 Å². The predicted molar refractivity (Wildman–Crippen MR) is 65.0 cm³/mol. The summed E-state index contributed by atoms with van der Waals surface area (Å²) in [5, 5.41) is 19.6. The number of ether oxygens (including phenoxy) is 3. The first-order valence-corrected chi connectivity index (χ1v) is 6.05. The van der Waals surface area contributed by atoms with E-state index >= 15 is 0 Å². The summed E-state index contributed by atoms with van der Waals surface area (Å²) >= 11 is 0. The quantitative estimate of drug-likeness (QED) is 0.770. The number of hydrogen-bond donors (Lipinski definition) is 2. The van der Waals surface area contributed by atoms with Crippen molar-refractivity contribution < 1.29 is 29.2 Å². The molecule has 1 aromatic carbocycles. The number of fused-ring (bicyclic) bond motifs is 1. The summed E-state index contributed by atoms with van der Waals surface area (Å²) in [6.07, 6.45) is -2.99. The normalized spacial score (nSPS) is 16.6. The van der Waals surface area contributed by atoms with Gasteiger partial charge in [0.1, 0.15) is 19.3 Å². The van der Waals surface area contributed by atoms with Gasteiger partial charge in [-0.2, -0.15) is 0 Å². The SMILES string of the molecule is CCOC(=O)C(O)C(O)c1ccc2c(c1)OCCO2. The van der Waals surface area contributed by atoms with Crippen LogP contribution in [0.3, 0.4) is 0 Å². The van der Waals surface area contributed by atoms with Gasteiger partial charge in [0.15, 0.2) is 17.6 Å². The van der Waals surface area contributed by atoms with Crippen LogP contribution in [-0.2, 0) is 9.53 Å². The van der Waals surface area contributed by atoms with Crippen molar-refractivity contribution in [3.05, 3.63) is 23.8 Å². The number of benzene rings is 1. The van der Waals surface area contributed by atoms with Gasteiger partial charge in [-0.25, -0.2) is 4.79 Å². The first-order chi connectivity index (χ1) is 9.13. The van der Waals surface area contributed by atoms with Crippen molar-refractivity contribution in [2.24, 2.45) is 0 Å². The van der Waals surface area contributed by atoms with Crippen LogP contribution in [0.4, 0.5) is 0 Å². The molecule has 0 saturated carbocycles. The minimum absolute atomic E-state index is 0.143. The van der Waals surface area contributed by atoms with Crippen LogP contribution < -0.4 is 9.47 Å². The fourth-order valence-electron chi connectivity index (χ4n) is 1.78. The molecule has 2 unspecified atom stereocenters. The highest BCUT2D eigenvalue weighted by Gasteiger charge is 2.28. The van der Waals surface area contributed by atoms with E-state index in [9.17, 15) is 15.0 Å². The Balaban J connectivity index is 2.14. The largest absolute Gasteiger partial charge is 0.486 e. The number of esters is 1. The third-order valence-corrected chi connectivity index (χ3v) is 2.73. The Kier molecular flexibility index (Phi) is 4.24. The van der Waals surface area contributed by atoms with E-state index in [4.69, 9.17) is 9.47 Å². The maximum atomic E-state index is 11.4. The average molecular weight is 268 g/mol. The molecule has 1 aliphatic heterocycles. The minimum Gasteiger partial charge on any atom is -0.486 e. The van der Waals surface area contributed by atoms with Crippen molar-refractivity contribution in [2.75, 3.05) is 19.8 Å². The summed E-state index contributed by atoms with van der Waals surface area (Å²) in [6, 6.07) is 4.74. The minimum atomic E-state index is -1.62. The summed E-state index contributed by atoms with van der Waals surface area (Å²) in [7, 11) is 0. The van der Waals surface area contributed by atoms with Crippen LogP contribution in [0.1, 0.15) is 18.6 Å². The van der Waals surface area contributed by atoms with Gasteiger partial charge in [-0.3, -0.25) is 0 Å². The van der Waals surface area contributed by atoms with Gasteiger partial charge in [-0.15, -0.1) is 0 Å². The average Bonchev–Trinajstić information content (AvgIpc) is 2.45. The highest BCUT2D eigenvalue weighted by Crippen LogP contribution is 2.33. The van der Waals surface area contributed by atoms with Crippen LogP contribution in [0.2, 0.25) is 0 Å². The zero-order valence-corrected chi connectivity index (χ0v) is 10.5. The third kappa shape index (κ3) is 2.97. The molecule has 0 spiro atoms. The van der Waals surface area contributed by atoms with E-state index in [-0.39, 0.29) is 6.61 Å². The number of aliphatic hydroxyl groups is 2. The Labute approximate surface area is 110 Å². The van der Waals surface area contributed by atoms with E-state index in [0.29, 0.717) is 30.3 Å². The number of aliphatic hydroxyl groups excluding tert-OH is 2. The van der Waals surface area contributed by atoms with Crippen LogP contribution in [0.25, 0.3) is 0 Å². The molecule has 0 radical (unpaired) electrons. The number of carbonyl (C=O) groups is 1. The lowest BCUT2D eigenvalue weighted by molar-refractivity contribution is -0.159. The fraction of sp³-hybridized carbons (Fsp3) is 0.462. The van der Waals surface area contributed by atoms with Crippen molar-refractivity contribution in [3.8, 4) is 11.5 Å². The standard InChI is InChI=1S/C13H16O6/c1-2-17-13(16)12(15)11(14)8-3-4-9-10(7-8)19-6-5-18-9/h3-4,7,11-12,14-15H,2,5-6H2,1H3. The van der Waals surface area contributed by atoms with Crippen LogP contribution in [0.15, 0.2) is 18.2 Å². The van der Waals surface area contributed by atoms with E-state index in [1.54, 1.807) is 25.1 Å². The molecule has 0 amide bonds. The molecule has 1 heterocycles. The van der Waals surface area contributed by atoms with Crippen LogP contribution >= 0.6 is 0 Å². The first-order valence-electron chi connectivity index (χ1n) is 6.05. The van der Waals surface area contributed by atoms with Crippen LogP contribution in [-0.4, -0.2) is 42.1 Å². The van der Waals surface area contributed by atoms with Gasteiger partial charge < -0.3 is 24.4 Å². The highest BCUT2D eigenvalue weighted by atomic mass is 16.6. The zero-order chi connectivity index (χ0) is 13.8. The Hall–Kier alpha value is -1.79. The monoisotopic (exact) mass is 268 g/mol. The number of rotatable bonds is 4. The lowest BCUT2D eigenvalue weighted by atomic mass is 10.0. The molecule has 2 N–H and O–H groups in total. The molecule has 1 aromatic rings. The van der Waals surface area contributed by atoms with Gasteiger partial charge in [0.2, 0.25) is 0 Å². The van der Waals surface area contributed by atoms with E-state index < -0.39 is 18.2 Å². The molecule has 104 valence electrons. The molecule has 2 rings (SSSR count). The lowest BCUT2D eigenvalue weighted by Gasteiger charge is -2.21. The maximum absolute atomic E-state index is 11.4. The second-order valence-electron chi connectivity index (χ2n) is 4.04. The maximum Gasteiger partial charge on any atom is 0.338 e. The molecule has 0 saturated heterocycles. The smallest absolute Gasteiger partial charge is 0.338 e. The van der Waals surface area contributed by atoms with Gasteiger partial charge in [0.05, 0.1) is 6.61 Å². The second kappa shape index (κ2) is 5.90. The molecule has 0 aliphatic carbocycles. The lowest BCUT2D eigenvalue weighted by Crippen LogP contribution is -2.30. The summed E-state index contributed by atoms with van der Waals surface area (Å²) in [5.41, 5.74) is 0.366. The summed E-state index contributed by atoms with van der Waals surface area (Å²) in [6.45, 7) is 2.66. The number of hydrogen-bond acceptors (Lipinski definition) is 6. The Morgan fingerprint density at radius 1 is 1.32 bits per heavy atom. The molecule has 0 bridgehead atoms. The molecule has 19 heavy (non-hydrogen) atoms. The molecule has 2 atom stereocenters. The molecule has 6 nitrogen and oxygen atoms in total. The van der Waals surface area contributed by atoms with Gasteiger partial charge in [0.25, 0.3) is 0 Å². The third-order valence-electron chi connectivity index (χ3n) is 2.73. The molecule has 6 heteroatoms. The number of carbonyl (C=O) groups excluding carboxylic acids is 1. The first kappa shape index (κ1) is 13.6. The Bertz CT molecular complexity index is 458. The van der Waals surface area contributed by atoms with Crippen LogP contribution in [0, 0.1) is 0 Å². The molecular formula is C13H16O6. The topological polar surface area (TPSA) is 85.2 Å². The van der Waals surface area contributed by atoms with Crippen molar-refractivity contribution in [1.82, 2.24) is 0 Å². The highest BCUT2D eigenvalue weighted by molar-refractivity contribution is 5.75. The van der Waals surface area contributed by atoms with E-state index in [2.05, 4.69) is 4.74 Å².